The van der Waals surface area contributed by atoms with E-state index in [1.165, 1.54) is 167 Å². The summed E-state index contributed by atoms with van der Waals surface area (Å²) in [5, 5.41) is 0. The van der Waals surface area contributed by atoms with E-state index in [2.05, 4.69) is 98.9 Å². The van der Waals surface area contributed by atoms with Gasteiger partial charge in [0.2, 0.25) is 0 Å². The fourth-order valence-corrected chi connectivity index (χ4v) is 8.82. The fraction of sp³-hybridized carbons (Fsp3) is 0.754. The van der Waals surface area contributed by atoms with Crippen LogP contribution in [0.3, 0.4) is 0 Å². The molecule has 2 atom stereocenters. The molecule has 0 saturated heterocycles. The summed E-state index contributed by atoms with van der Waals surface area (Å²) in [7, 11) is -4.29. The molecule has 0 amide bonds. The van der Waals surface area contributed by atoms with Crippen molar-refractivity contribution in [3.05, 3.63) is 85.1 Å². The van der Waals surface area contributed by atoms with Gasteiger partial charge in [0, 0.05) is 19.6 Å². The van der Waals surface area contributed by atoms with Crippen molar-refractivity contribution in [3.63, 3.8) is 0 Å². The Morgan fingerprint density at radius 3 is 1.20 bits per heavy atom. The van der Waals surface area contributed by atoms with Crippen molar-refractivity contribution in [1.29, 1.82) is 0 Å². The number of nitrogens with two attached hydrogens (primary N) is 1. The highest BCUT2D eigenvalue weighted by Gasteiger charge is 2.25. The molecule has 0 bridgehead atoms. The summed E-state index contributed by atoms with van der Waals surface area (Å²) in [5.74, 6) is -0.332. The Morgan fingerprint density at radius 2 is 0.800 bits per heavy atom. The van der Waals surface area contributed by atoms with Gasteiger partial charge in [0.25, 0.3) is 0 Å². The Hall–Kier alpha value is -2.32. The molecule has 0 fully saturated rings. The monoisotopic (exact) mass is 1000 g/mol. The molecular weight excluding hydrogens is 890 g/mol. The van der Waals surface area contributed by atoms with Crippen molar-refractivity contribution in [2.45, 2.75) is 264 Å². The maximum Gasteiger partial charge on any atom is 0.472 e. The number of hydrogen-bond donors (Lipinski definition) is 2. The first kappa shape index (κ1) is 67.7. The molecule has 0 saturated carbocycles. The molecule has 70 heavy (non-hydrogen) atoms. The Kier molecular flexibility index (Phi) is 55.7. The van der Waals surface area contributed by atoms with Crippen LogP contribution in [0, 0.1) is 0 Å². The van der Waals surface area contributed by atoms with Crippen LogP contribution < -0.4 is 5.73 Å². The normalized spacial score (nSPS) is 13.8. The smallest absolute Gasteiger partial charge is 0.457 e. The van der Waals surface area contributed by atoms with Gasteiger partial charge in [-0.1, -0.05) is 247 Å². The van der Waals surface area contributed by atoms with Gasteiger partial charge in [0.1, 0.15) is 6.10 Å². The highest BCUT2D eigenvalue weighted by molar-refractivity contribution is 7.47. The van der Waals surface area contributed by atoms with Gasteiger partial charge in [-0.05, 0) is 89.9 Å². The molecule has 0 rings (SSSR count). The molecule has 0 aromatic carbocycles. The van der Waals surface area contributed by atoms with E-state index >= 15 is 0 Å². The van der Waals surface area contributed by atoms with E-state index in [0.29, 0.717) is 13.0 Å². The molecule has 0 aromatic rings. The summed E-state index contributed by atoms with van der Waals surface area (Å²) in [6.45, 7) is 4.81. The molecule has 0 aliphatic carbocycles. The minimum absolute atomic E-state index is 0.0965. The minimum Gasteiger partial charge on any atom is -0.457 e. The number of rotatable bonds is 55. The standard InChI is InChI=1S/C61H110NO7P/c1-3-5-7-9-11-13-15-17-19-21-23-25-27-29-31-33-35-37-39-41-43-45-47-49-51-53-56-66-58-60(59-68-70(64,65)67-57-55-62)69-61(63)54-52-50-48-46-44-42-40-38-36-34-32-30-28-26-24-22-20-18-16-14-12-10-8-6-4-2/h5,7,11,13,16-19,22-25,29,31,60H,3-4,6,8-10,12,14-15,20-21,26-28,30,32-59,62H2,1-2H3,(H,64,65)/b7-5-,13-11-,18-16-,19-17-,24-22-,25-23-,31-29-. The van der Waals surface area contributed by atoms with Crippen LogP contribution in [-0.2, 0) is 27.9 Å². The number of unbranched alkanes of at least 4 members (excludes halogenated alkanes) is 28. The summed E-state index contributed by atoms with van der Waals surface area (Å²) >= 11 is 0. The van der Waals surface area contributed by atoms with Gasteiger partial charge in [-0.2, -0.15) is 0 Å². The van der Waals surface area contributed by atoms with Crippen molar-refractivity contribution in [2.24, 2.45) is 5.73 Å². The molecule has 0 radical (unpaired) electrons. The van der Waals surface area contributed by atoms with Crippen LogP contribution >= 0.6 is 7.82 Å². The molecule has 0 aliphatic rings. The Bertz CT molecular complexity index is 1350. The van der Waals surface area contributed by atoms with Crippen LogP contribution in [0.25, 0.3) is 0 Å². The third-order valence-corrected chi connectivity index (χ3v) is 13.3. The van der Waals surface area contributed by atoms with Crippen LogP contribution in [0.15, 0.2) is 85.1 Å². The lowest BCUT2D eigenvalue weighted by Gasteiger charge is -2.20. The summed E-state index contributed by atoms with van der Waals surface area (Å²) in [6, 6.07) is 0. The number of phosphoric acid groups is 1. The van der Waals surface area contributed by atoms with Crippen LogP contribution in [0.4, 0.5) is 0 Å². The summed E-state index contributed by atoms with van der Waals surface area (Å²) < 4.78 is 33.7. The predicted octanol–water partition coefficient (Wildman–Crippen LogP) is 18.8. The number of hydrogen-bond acceptors (Lipinski definition) is 7. The summed E-state index contributed by atoms with van der Waals surface area (Å²) in [5.41, 5.74) is 5.40. The Morgan fingerprint density at radius 1 is 0.443 bits per heavy atom. The van der Waals surface area contributed by atoms with E-state index < -0.39 is 13.9 Å². The van der Waals surface area contributed by atoms with Crippen molar-refractivity contribution in [2.75, 3.05) is 33.0 Å². The second kappa shape index (κ2) is 57.6. The average Bonchev–Trinajstić information content (AvgIpc) is 3.35. The molecule has 8 nitrogen and oxygen atoms in total. The van der Waals surface area contributed by atoms with Crippen molar-refractivity contribution in [1.82, 2.24) is 0 Å². The molecular formula is C61H110NO7P. The second-order valence-electron chi connectivity index (χ2n) is 19.1. The highest BCUT2D eigenvalue weighted by atomic mass is 31.2. The lowest BCUT2D eigenvalue weighted by atomic mass is 10.0. The highest BCUT2D eigenvalue weighted by Crippen LogP contribution is 2.43. The zero-order valence-corrected chi connectivity index (χ0v) is 46.4. The topological polar surface area (TPSA) is 117 Å². The molecule has 2 unspecified atom stereocenters. The molecule has 0 aromatic heterocycles. The second-order valence-corrected chi connectivity index (χ2v) is 20.6. The Labute approximate surface area is 432 Å². The van der Waals surface area contributed by atoms with Crippen molar-refractivity contribution >= 4 is 13.8 Å². The van der Waals surface area contributed by atoms with Crippen LogP contribution in [0.1, 0.15) is 258 Å². The maximum absolute atomic E-state index is 12.7. The molecule has 9 heteroatoms. The SMILES string of the molecule is CC/C=C\C/C=C\C/C=C\C/C=C\C/C=C\CCCCCCCCCCCCOCC(COP(=O)(O)OCCN)OC(=O)CCCCCCCCCCCCCCC/C=C\C/C=C\CCCCCCC. The first-order valence-corrected chi connectivity index (χ1v) is 30.6. The van der Waals surface area contributed by atoms with Gasteiger partial charge in [-0.25, -0.2) is 4.57 Å². The van der Waals surface area contributed by atoms with E-state index in [4.69, 9.17) is 24.3 Å². The van der Waals surface area contributed by atoms with Gasteiger partial charge in [0.05, 0.1) is 19.8 Å². The number of allylic oxidation sites excluding steroid dienone is 14. The lowest BCUT2D eigenvalue weighted by molar-refractivity contribution is -0.154. The van der Waals surface area contributed by atoms with Gasteiger partial charge in [-0.3, -0.25) is 13.8 Å². The van der Waals surface area contributed by atoms with E-state index in [1.807, 2.05) is 0 Å². The van der Waals surface area contributed by atoms with Crippen LogP contribution in [0.5, 0.6) is 0 Å². The van der Waals surface area contributed by atoms with E-state index in [0.717, 1.165) is 70.6 Å². The van der Waals surface area contributed by atoms with E-state index in [-0.39, 0.29) is 32.3 Å². The number of ether oxygens (including phenoxy) is 2. The molecule has 406 valence electrons. The summed E-state index contributed by atoms with van der Waals surface area (Å²) in [6.07, 6.45) is 76.3. The third-order valence-electron chi connectivity index (χ3n) is 12.3. The lowest BCUT2D eigenvalue weighted by Crippen LogP contribution is -2.28. The number of esters is 1. The van der Waals surface area contributed by atoms with Crippen LogP contribution in [-0.4, -0.2) is 49.9 Å². The van der Waals surface area contributed by atoms with Crippen molar-refractivity contribution < 1.29 is 32.8 Å². The maximum atomic E-state index is 12.7. The first-order chi connectivity index (χ1) is 34.4. The number of phosphoric ester groups is 1. The molecule has 0 aliphatic heterocycles. The Balaban J connectivity index is 3.91. The fourth-order valence-electron chi connectivity index (χ4n) is 8.06. The molecule has 3 N–H and O–H groups in total. The quantitative estimate of drug-likeness (QED) is 0.0268. The molecule has 0 spiro atoms. The largest absolute Gasteiger partial charge is 0.472 e. The van der Waals surface area contributed by atoms with Gasteiger partial charge in [-0.15, -0.1) is 0 Å². The third kappa shape index (κ3) is 56.6. The summed E-state index contributed by atoms with van der Waals surface area (Å²) in [4.78, 5) is 22.7. The van der Waals surface area contributed by atoms with Crippen molar-refractivity contribution in [3.8, 4) is 0 Å². The van der Waals surface area contributed by atoms with Gasteiger partial charge < -0.3 is 20.1 Å². The van der Waals surface area contributed by atoms with Gasteiger partial charge in [0.15, 0.2) is 0 Å². The predicted molar refractivity (Wildman–Crippen MR) is 302 cm³/mol. The number of carbonyl (C=O) groups excluding carboxylic acids is 1. The first-order valence-electron chi connectivity index (χ1n) is 29.1. The van der Waals surface area contributed by atoms with Crippen LogP contribution in [0.2, 0.25) is 0 Å². The zero-order valence-electron chi connectivity index (χ0n) is 45.5. The van der Waals surface area contributed by atoms with Gasteiger partial charge >= 0.3 is 13.8 Å². The van der Waals surface area contributed by atoms with E-state index in [1.54, 1.807) is 0 Å². The zero-order chi connectivity index (χ0) is 50.8. The van der Waals surface area contributed by atoms with E-state index in [9.17, 15) is 14.3 Å². The molecule has 0 heterocycles. The average molecular weight is 1000 g/mol. The minimum atomic E-state index is -4.29. The number of carbonyl (C=O) groups is 1.